The van der Waals surface area contributed by atoms with E-state index in [1.54, 1.807) is 0 Å². The smallest absolute Gasteiger partial charge is 0.0100 e. The molecule has 1 heteroatoms. The lowest BCUT2D eigenvalue weighted by Crippen LogP contribution is -2.01. The van der Waals surface area contributed by atoms with E-state index < -0.39 is 0 Å². The molecule has 0 aliphatic rings. The lowest BCUT2D eigenvalue weighted by molar-refractivity contribution is 1.72. The Balaban J connectivity index is 0.000000186. The van der Waals surface area contributed by atoms with Crippen LogP contribution in [0.4, 0.5) is 0 Å². The number of rotatable bonds is 2. The molecule has 0 heterocycles. The number of hydrogen-bond acceptors (Lipinski definition) is 0. The second-order valence-corrected chi connectivity index (χ2v) is 5.19. The van der Waals surface area contributed by atoms with E-state index in [1.807, 2.05) is 48.5 Å². The lowest BCUT2D eigenvalue weighted by Gasteiger charge is -1.98. The minimum Gasteiger partial charge on any atom is -0.0623 e. The number of hydrogen-bond donors (Lipinski definition) is 0. The first kappa shape index (κ1) is 13.5. The summed E-state index contributed by atoms with van der Waals surface area (Å²) in [6, 6.07) is 33.0. The van der Waals surface area contributed by atoms with Crippen LogP contribution in [0.25, 0.3) is 0 Å². The fourth-order valence-corrected chi connectivity index (χ4v) is 2.48. The van der Waals surface area contributed by atoms with Gasteiger partial charge < -0.3 is 0 Å². The molecule has 0 saturated heterocycles. The van der Waals surface area contributed by atoms with Crippen LogP contribution >= 0.6 is 8.58 Å². The summed E-state index contributed by atoms with van der Waals surface area (Å²) in [4.78, 5) is 0. The molecule has 0 amide bonds. The molecule has 0 saturated carbocycles. The van der Waals surface area contributed by atoms with E-state index >= 15 is 0 Å². The normalized spacial score (nSPS) is 9.26. The Morgan fingerprint density at radius 3 is 0.947 bits per heavy atom. The van der Waals surface area contributed by atoms with Crippen LogP contribution in [0, 0.1) is 0 Å². The summed E-state index contributed by atoms with van der Waals surface area (Å²) in [6.45, 7) is 0. The third-order valence-electron chi connectivity index (χ3n) is 2.44. The molecule has 0 atom stereocenters. The van der Waals surface area contributed by atoms with E-state index in [9.17, 15) is 0 Å². The third kappa shape index (κ3) is 5.50. The van der Waals surface area contributed by atoms with Crippen LogP contribution in [0.1, 0.15) is 0 Å². The average Bonchev–Trinajstić information content (AvgIpc) is 2.52. The van der Waals surface area contributed by atoms with Crippen molar-refractivity contribution in [3.05, 3.63) is 97.1 Å². The first-order valence-corrected chi connectivity index (χ1v) is 7.16. The van der Waals surface area contributed by atoms with Crippen LogP contribution < -0.4 is 10.6 Å². The van der Waals surface area contributed by atoms with Gasteiger partial charge in [0, 0.05) is 0 Å². The van der Waals surface area contributed by atoms with Crippen molar-refractivity contribution in [2.75, 3.05) is 0 Å². The summed E-state index contributed by atoms with van der Waals surface area (Å²) >= 11 is 0. The van der Waals surface area contributed by atoms with Crippen LogP contribution in [-0.4, -0.2) is 0 Å². The van der Waals surface area contributed by atoms with Gasteiger partial charge in [-0.1, -0.05) is 97.1 Å². The molecular weight excluding hydrogens is 247 g/mol. The van der Waals surface area contributed by atoms with Crippen LogP contribution in [-0.2, 0) is 0 Å². The first-order valence-electron chi connectivity index (χ1n) is 6.27. The van der Waals surface area contributed by atoms with Gasteiger partial charge in [-0.25, -0.2) is 0 Å². The largest absolute Gasteiger partial charge is 0.0623 e. The zero-order valence-electron chi connectivity index (χ0n) is 10.7. The summed E-state index contributed by atoms with van der Waals surface area (Å²) in [5.41, 5.74) is 0. The van der Waals surface area contributed by atoms with E-state index in [1.165, 1.54) is 19.2 Å². The summed E-state index contributed by atoms with van der Waals surface area (Å²) in [5.74, 6) is 0. The van der Waals surface area contributed by atoms with Crippen molar-refractivity contribution in [2.45, 2.75) is 0 Å². The van der Waals surface area contributed by atoms with Gasteiger partial charge in [0.2, 0.25) is 0 Å². The molecule has 0 nitrogen and oxygen atoms in total. The standard InChI is InChI=1S/C12H10P.C6H6/c1-3-7-11(8-4-1)13-12-9-5-2-6-10-12;1-2-4-6-5-3-1/h1-10H;1-6H. The van der Waals surface area contributed by atoms with E-state index in [0.717, 1.165) is 0 Å². The maximum Gasteiger partial charge on any atom is -0.0100 e. The highest BCUT2D eigenvalue weighted by Crippen LogP contribution is 2.08. The van der Waals surface area contributed by atoms with Crippen LogP contribution in [0.3, 0.4) is 0 Å². The fraction of sp³-hybridized carbons (Fsp3) is 0. The van der Waals surface area contributed by atoms with Crippen molar-refractivity contribution in [1.29, 1.82) is 0 Å². The summed E-state index contributed by atoms with van der Waals surface area (Å²) in [6.07, 6.45) is 0. The van der Waals surface area contributed by atoms with Crippen molar-refractivity contribution in [2.24, 2.45) is 0 Å². The van der Waals surface area contributed by atoms with Crippen LogP contribution in [0.2, 0.25) is 0 Å². The summed E-state index contributed by atoms with van der Waals surface area (Å²) in [7, 11) is 1.28. The zero-order valence-corrected chi connectivity index (χ0v) is 11.6. The summed E-state index contributed by atoms with van der Waals surface area (Å²) < 4.78 is 0. The van der Waals surface area contributed by atoms with Crippen molar-refractivity contribution in [3.8, 4) is 0 Å². The molecule has 3 rings (SSSR count). The molecule has 0 unspecified atom stereocenters. The van der Waals surface area contributed by atoms with Gasteiger partial charge in [-0.15, -0.1) is 0 Å². The van der Waals surface area contributed by atoms with Crippen molar-refractivity contribution < 1.29 is 0 Å². The lowest BCUT2D eigenvalue weighted by atomic mass is 10.4. The Kier molecular flexibility index (Phi) is 5.86. The highest BCUT2D eigenvalue weighted by atomic mass is 31.1. The van der Waals surface area contributed by atoms with Gasteiger partial charge in [0.25, 0.3) is 0 Å². The van der Waals surface area contributed by atoms with E-state index in [0.29, 0.717) is 0 Å². The summed E-state index contributed by atoms with van der Waals surface area (Å²) in [5, 5.41) is 2.68. The average molecular weight is 263 g/mol. The van der Waals surface area contributed by atoms with E-state index in [4.69, 9.17) is 0 Å². The van der Waals surface area contributed by atoms with Gasteiger partial charge in [-0.05, 0) is 19.2 Å². The second-order valence-electron chi connectivity index (χ2n) is 3.94. The van der Waals surface area contributed by atoms with Gasteiger partial charge >= 0.3 is 0 Å². The molecule has 0 N–H and O–H groups in total. The van der Waals surface area contributed by atoms with Crippen molar-refractivity contribution >= 4 is 19.2 Å². The Hall–Kier alpha value is -1.91. The molecule has 0 aromatic heterocycles. The van der Waals surface area contributed by atoms with E-state index in [2.05, 4.69) is 48.5 Å². The topological polar surface area (TPSA) is 0 Å². The maximum absolute atomic E-state index is 2.15. The molecule has 0 bridgehead atoms. The van der Waals surface area contributed by atoms with Gasteiger partial charge in [-0.3, -0.25) is 0 Å². The molecule has 3 aromatic carbocycles. The molecular formula is C18H16P. The molecule has 1 radical (unpaired) electrons. The first-order chi connectivity index (χ1) is 9.45. The highest BCUT2D eigenvalue weighted by molar-refractivity contribution is 7.55. The molecule has 0 fully saturated rings. The highest BCUT2D eigenvalue weighted by Gasteiger charge is 1.93. The van der Waals surface area contributed by atoms with Gasteiger partial charge in [0.15, 0.2) is 0 Å². The predicted octanol–water partition coefficient (Wildman–Crippen LogP) is 4.27. The molecule has 3 aromatic rings. The van der Waals surface area contributed by atoms with Gasteiger partial charge in [0.05, 0.1) is 0 Å². The Bertz CT molecular complexity index is 483. The fourth-order valence-electron chi connectivity index (χ4n) is 1.54. The Labute approximate surface area is 116 Å². The van der Waals surface area contributed by atoms with Crippen LogP contribution in [0.5, 0.6) is 0 Å². The minimum atomic E-state index is 1.28. The van der Waals surface area contributed by atoms with Gasteiger partial charge in [-0.2, -0.15) is 0 Å². The monoisotopic (exact) mass is 263 g/mol. The Morgan fingerprint density at radius 2 is 0.632 bits per heavy atom. The van der Waals surface area contributed by atoms with Crippen molar-refractivity contribution in [1.82, 2.24) is 0 Å². The van der Waals surface area contributed by atoms with Gasteiger partial charge in [0.1, 0.15) is 0 Å². The molecule has 19 heavy (non-hydrogen) atoms. The van der Waals surface area contributed by atoms with Crippen molar-refractivity contribution in [3.63, 3.8) is 0 Å². The minimum absolute atomic E-state index is 1.28. The van der Waals surface area contributed by atoms with Crippen LogP contribution in [0.15, 0.2) is 97.1 Å². The quantitative estimate of drug-likeness (QED) is 0.606. The molecule has 0 spiro atoms. The number of benzene rings is 3. The predicted molar refractivity (Wildman–Crippen MR) is 85.5 cm³/mol. The third-order valence-corrected chi connectivity index (χ3v) is 3.55. The molecule has 0 aliphatic heterocycles. The second kappa shape index (κ2) is 8.24. The SMILES string of the molecule is c1ccc([P]c2ccccc2)cc1.c1ccccc1. The maximum atomic E-state index is 2.15. The molecule has 0 aliphatic carbocycles. The van der Waals surface area contributed by atoms with E-state index in [-0.39, 0.29) is 0 Å². The zero-order chi connectivity index (χ0) is 13.2. The molecule has 93 valence electrons. The Morgan fingerprint density at radius 1 is 0.368 bits per heavy atom.